The minimum Gasteiger partial charge on any atom is -0.322 e. The lowest BCUT2D eigenvalue weighted by molar-refractivity contribution is -0.115. The maximum atomic E-state index is 13.3. The summed E-state index contributed by atoms with van der Waals surface area (Å²) in [5.74, 6) is -0.327. The summed E-state index contributed by atoms with van der Waals surface area (Å²) in [4.78, 5) is 26.6. The van der Waals surface area contributed by atoms with E-state index in [1.165, 1.54) is 23.9 Å². The van der Waals surface area contributed by atoms with Crippen molar-refractivity contribution in [2.24, 2.45) is 0 Å². The number of nitrogens with one attached hydrogen (secondary N) is 1. The van der Waals surface area contributed by atoms with Crippen LogP contribution in [0.4, 0.5) is 15.8 Å². The van der Waals surface area contributed by atoms with Crippen molar-refractivity contribution in [3.05, 3.63) is 94.8 Å². The molecule has 0 saturated carbocycles. The largest absolute Gasteiger partial charge is 0.322 e. The Morgan fingerprint density at radius 1 is 1.07 bits per heavy atom. The lowest BCUT2D eigenvalue weighted by Gasteiger charge is -2.24. The second-order valence-corrected chi connectivity index (χ2v) is 8.00. The Bertz CT molecular complexity index is 1070. The summed E-state index contributed by atoms with van der Waals surface area (Å²) in [5.41, 5.74) is 2.58. The second kappa shape index (κ2) is 8.27. The molecule has 2 amide bonds. The highest BCUT2D eigenvalue weighted by atomic mass is 35.5. The highest BCUT2D eigenvalue weighted by Crippen LogP contribution is 2.42. The van der Waals surface area contributed by atoms with Crippen molar-refractivity contribution >= 4 is 46.6 Å². The molecule has 3 aromatic carbocycles. The number of amides is 2. The average molecular weight is 427 g/mol. The molecule has 0 unspecified atom stereocenters. The zero-order valence-corrected chi connectivity index (χ0v) is 16.7. The number of hydrogen-bond donors (Lipinski definition) is 1. The van der Waals surface area contributed by atoms with Crippen LogP contribution in [0.25, 0.3) is 0 Å². The van der Waals surface area contributed by atoms with Gasteiger partial charge in [0.1, 0.15) is 11.2 Å². The number of thioether (sulfide) groups is 1. The van der Waals surface area contributed by atoms with Crippen molar-refractivity contribution < 1.29 is 14.0 Å². The van der Waals surface area contributed by atoms with Crippen LogP contribution >= 0.6 is 23.4 Å². The molecule has 29 heavy (non-hydrogen) atoms. The smallest absolute Gasteiger partial charge is 0.255 e. The van der Waals surface area contributed by atoms with Gasteiger partial charge in [0, 0.05) is 22.0 Å². The Balaban J connectivity index is 1.58. The van der Waals surface area contributed by atoms with E-state index in [4.69, 9.17) is 11.6 Å². The molecule has 0 radical (unpaired) electrons. The number of benzene rings is 3. The van der Waals surface area contributed by atoms with Crippen LogP contribution in [0.2, 0.25) is 5.02 Å². The van der Waals surface area contributed by atoms with Crippen molar-refractivity contribution in [1.82, 2.24) is 0 Å². The first-order chi connectivity index (χ1) is 14.0. The number of anilines is 2. The Labute approximate surface area is 176 Å². The molecule has 0 aromatic heterocycles. The first-order valence-corrected chi connectivity index (χ1v) is 10.3. The number of carbonyl (C=O) groups excluding carboxylic acids is 2. The summed E-state index contributed by atoms with van der Waals surface area (Å²) < 4.78 is 13.3. The Morgan fingerprint density at radius 2 is 1.83 bits per heavy atom. The van der Waals surface area contributed by atoms with Gasteiger partial charge in [0.2, 0.25) is 5.91 Å². The number of rotatable bonds is 4. The monoisotopic (exact) mass is 426 g/mol. The Hall–Kier alpha value is -2.83. The van der Waals surface area contributed by atoms with Crippen LogP contribution in [0, 0.1) is 5.82 Å². The van der Waals surface area contributed by atoms with E-state index in [1.54, 1.807) is 47.4 Å². The van der Waals surface area contributed by atoms with E-state index in [2.05, 4.69) is 5.32 Å². The van der Waals surface area contributed by atoms with Gasteiger partial charge in [-0.05, 0) is 60.2 Å². The molecular weight excluding hydrogens is 411 g/mol. The molecule has 3 aromatic rings. The van der Waals surface area contributed by atoms with E-state index in [0.717, 1.165) is 5.56 Å². The molecule has 0 bridgehead atoms. The molecule has 7 heteroatoms. The van der Waals surface area contributed by atoms with E-state index in [9.17, 15) is 14.0 Å². The summed E-state index contributed by atoms with van der Waals surface area (Å²) in [6, 6.07) is 19.9. The first kappa shape index (κ1) is 19.5. The van der Waals surface area contributed by atoms with Gasteiger partial charge in [-0.2, -0.15) is 0 Å². The summed E-state index contributed by atoms with van der Waals surface area (Å²) in [6.45, 7) is 0. The second-order valence-electron chi connectivity index (χ2n) is 6.49. The number of hydrogen-bond acceptors (Lipinski definition) is 3. The molecule has 1 aliphatic heterocycles. The molecule has 4 nitrogen and oxygen atoms in total. The third-order valence-electron chi connectivity index (χ3n) is 4.49. The zero-order chi connectivity index (χ0) is 20.4. The molecule has 146 valence electrons. The topological polar surface area (TPSA) is 49.4 Å². The maximum absolute atomic E-state index is 13.3. The van der Waals surface area contributed by atoms with E-state index in [1.807, 2.05) is 18.2 Å². The van der Waals surface area contributed by atoms with E-state index >= 15 is 0 Å². The van der Waals surface area contributed by atoms with Gasteiger partial charge in [0.05, 0.1) is 5.75 Å². The van der Waals surface area contributed by atoms with Crippen LogP contribution in [-0.4, -0.2) is 17.6 Å². The minimum atomic E-state index is -0.352. The van der Waals surface area contributed by atoms with Crippen LogP contribution in [0.1, 0.15) is 21.3 Å². The average Bonchev–Trinajstić information content (AvgIpc) is 3.10. The zero-order valence-electron chi connectivity index (χ0n) is 15.1. The third kappa shape index (κ3) is 4.28. The lowest BCUT2D eigenvalue weighted by Crippen LogP contribution is -2.27. The van der Waals surface area contributed by atoms with Gasteiger partial charge in [-0.1, -0.05) is 29.8 Å². The van der Waals surface area contributed by atoms with E-state index in [-0.39, 0.29) is 23.0 Å². The van der Waals surface area contributed by atoms with E-state index < -0.39 is 0 Å². The number of nitrogens with zero attached hydrogens (tertiary/aromatic N) is 1. The molecule has 1 N–H and O–H groups in total. The predicted octanol–water partition coefficient (Wildman–Crippen LogP) is 5.51. The van der Waals surface area contributed by atoms with Crippen molar-refractivity contribution in [2.45, 2.75) is 5.37 Å². The van der Waals surface area contributed by atoms with Crippen molar-refractivity contribution in [1.29, 1.82) is 0 Å². The summed E-state index contributed by atoms with van der Waals surface area (Å²) in [7, 11) is 0. The van der Waals surface area contributed by atoms with Gasteiger partial charge in [0.25, 0.3) is 5.91 Å². The molecule has 0 spiro atoms. The van der Waals surface area contributed by atoms with Crippen LogP contribution in [0.5, 0.6) is 0 Å². The van der Waals surface area contributed by atoms with Gasteiger partial charge in [-0.15, -0.1) is 11.8 Å². The van der Waals surface area contributed by atoms with E-state index in [0.29, 0.717) is 27.7 Å². The molecule has 1 atom stereocenters. The van der Waals surface area contributed by atoms with Crippen molar-refractivity contribution in [2.75, 3.05) is 16.0 Å². The number of carbonyl (C=O) groups is 2. The molecule has 4 rings (SSSR count). The van der Waals surface area contributed by atoms with Crippen LogP contribution < -0.4 is 10.2 Å². The molecule has 0 aliphatic carbocycles. The Morgan fingerprint density at radius 3 is 2.59 bits per heavy atom. The minimum absolute atomic E-state index is 0.0417. The van der Waals surface area contributed by atoms with Gasteiger partial charge in [-0.25, -0.2) is 4.39 Å². The highest BCUT2D eigenvalue weighted by Gasteiger charge is 2.34. The number of halogens is 2. The maximum Gasteiger partial charge on any atom is 0.255 e. The van der Waals surface area contributed by atoms with Gasteiger partial charge < -0.3 is 5.32 Å². The molecule has 1 fully saturated rings. The fourth-order valence-corrected chi connectivity index (χ4v) is 4.51. The fraction of sp³-hybridized carbons (Fsp3) is 0.0909. The summed E-state index contributed by atoms with van der Waals surface area (Å²) >= 11 is 7.45. The SMILES string of the molecule is O=C(Nc1cccc([C@@H]2SCC(=O)N2c2ccc(F)cc2)c1)c1cccc(Cl)c1. The van der Waals surface area contributed by atoms with Gasteiger partial charge in [-0.3, -0.25) is 14.5 Å². The fourth-order valence-electron chi connectivity index (χ4n) is 3.15. The Kier molecular flexibility index (Phi) is 5.56. The molecule has 1 heterocycles. The molecule has 1 saturated heterocycles. The quantitative estimate of drug-likeness (QED) is 0.598. The molecular formula is C22H16ClFN2O2S. The highest BCUT2D eigenvalue weighted by molar-refractivity contribution is 8.00. The van der Waals surface area contributed by atoms with Crippen LogP contribution in [-0.2, 0) is 4.79 Å². The van der Waals surface area contributed by atoms with Crippen LogP contribution in [0.15, 0.2) is 72.8 Å². The van der Waals surface area contributed by atoms with Gasteiger partial charge in [0.15, 0.2) is 0 Å². The normalized spacial score (nSPS) is 16.1. The third-order valence-corrected chi connectivity index (χ3v) is 5.94. The van der Waals surface area contributed by atoms with Crippen molar-refractivity contribution in [3.8, 4) is 0 Å². The molecule has 1 aliphatic rings. The summed E-state index contributed by atoms with van der Waals surface area (Å²) in [6.07, 6.45) is 0. The standard InChI is InChI=1S/C22H16ClFN2O2S/c23-16-5-1-3-14(11-16)21(28)25-18-6-2-4-15(12-18)22-26(20(27)13-29-22)19-9-7-17(24)8-10-19/h1-12,22H,13H2,(H,25,28)/t22-/m0/s1. The van der Waals surface area contributed by atoms with Gasteiger partial charge >= 0.3 is 0 Å². The predicted molar refractivity (Wildman–Crippen MR) is 115 cm³/mol. The van der Waals surface area contributed by atoms with Crippen molar-refractivity contribution in [3.63, 3.8) is 0 Å². The lowest BCUT2D eigenvalue weighted by atomic mass is 10.1. The van der Waals surface area contributed by atoms with Crippen LogP contribution in [0.3, 0.4) is 0 Å². The summed E-state index contributed by atoms with van der Waals surface area (Å²) in [5, 5.41) is 3.10. The first-order valence-electron chi connectivity index (χ1n) is 8.87.